The van der Waals surface area contributed by atoms with Crippen molar-refractivity contribution in [3.8, 4) is 0 Å². The summed E-state index contributed by atoms with van der Waals surface area (Å²) in [5, 5.41) is 0. The summed E-state index contributed by atoms with van der Waals surface area (Å²) in [4.78, 5) is 6.59. The highest BCUT2D eigenvalue weighted by atomic mass is 15.1. The number of benzene rings is 1. The highest BCUT2D eigenvalue weighted by Gasteiger charge is 2.33. The largest absolute Gasteiger partial charge is 0.309 e. The van der Waals surface area contributed by atoms with Gasteiger partial charge in [-0.15, -0.1) is 0 Å². The molecule has 19 heavy (non-hydrogen) atoms. The first-order valence-electron chi connectivity index (χ1n) is 6.88. The monoisotopic (exact) mass is 252 g/mol. The van der Waals surface area contributed by atoms with Gasteiger partial charge >= 0.3 is 0 Å². The van der Waals surface area contributed by atoms with Crippen molar-refractivity contribution in [1.29, 1.82) is 0 Å². The third-order valence-corrected chi connectivity index (χ3v) is 3.99. The molecule has 2 heteroatoms. The minimum atomic E-state index is 0.493. The van der Waals surface area contributed by atoms with Crippen LogP contribution in [0.1, 0.15) is 22.6 Å². The summed E-state index contributed by atoms with van der Waals surface area (Å²) in [6, 6.07) is 13.1. The predicted octanol–water partition coefficient (Wildman–Crippen LogP) is 2.95. The van der Waals surface area contributed by atoms with E-state index in [1.165, 1.54) is 23.1 Å². The van der Waals surface area contributed by atoms with Gasteiger partial charge in [0, 0.05) is 24.9 Å². The number of nitrogens with zero attached hydrogens (tertiary/aromatic N) is 2. The molecule has 2 unspecified atom stereocenters. The third-order valence-electron chi connectivity index (χ3n) is 3.99. The average Bonchev–Trinajstić information content (AvgIpc) is 2.76. The molecule has 0 fully saturated rings. The minimum Gasteiger partial charge on any atom is -0.309 e. The van der Waals surface area contributed by atoms with E-state index in [1.54, 1.807) is 0 Å². The summed E-state index contributed by atoms with van der Waals surface area (Å²) in [6.45, 7) is 1.12. The molecule has 0 saturated heterocycles. The van der Waals surface area contributed by atoms with Gasteiger partial charge in [0.1, 0.15) is 0 Å². The van der Waals surface area contributed by atoms with Crippen molar-refractivity contribution in [2.45, 2.75) is 12.3 Å². The van der Waals surface area contributed by atoms with Crippen molar-refractivity contribution >= 4 is 0 Å². The fourth-order valence-electron chi connectivity index (χ4n) is 3.33. The summed E-state index contributed by atoms with van der Waals surface area (Å²) in [7, 11) is 4.31. The number of rotatable bonds is 3. The highest BCUT2D eigenvalue weighted by molar-refractivity contribution is 5.42. The van der Waals surface area contributed by atoms with Gasteiger partial charge in [-0.2, -0.15) is 0 Å². The van der Waals surface area contributed by atoms with Crippen LogP contribution in [-0.2, 0) is 6.42 Å². The molecule has 0 amide bonds. The summed E-state index contributed by atoms with van der Waals surface area (Å²) in [5.74, 6) is 1.14. The van der Waals surface area contributed by atoms with Gasteiger partial charge < -0.3 is 4.90 Å². The SMILES string of the molecule is CN(C)CC1Cc2ccccc2C1c1cccnc1. The van der Waals surface area contributed by atoms with Gasteiger partial charge in [-0.1, -0.05) is 30.3 Å². The zero-order valence-corrected chi connectivity index (χ0v) is 11.6. The zero-order chi connectivity index (χ0) is 13.2. The van der Waals surface area contributed by atoms with Crippen LogP contribution in [0.3, 0.4) is 0 Å². The Kier molecular flexibility index (Phi) is 3.34. The van der Waals surface area contributed by atoms with E-state index in [4.69, 9.17) is 0 Å². The van der Waals surface area contributed by atoms with Gasteiger partial charge in [-0.3, -0.25) is 4.98 Å². The van der Waals surface area contributed by atoms with Crippen molar-refractivity contribution < 1.29 is 0 Å². The second-order valence-electron chi connectivity index (χ2n) is 5.69. The second-order valence-corrected chi connectivity index (χ2v) is 5.69. The lowest BCUT2D eigenvalue weighted by atomic mass is 9.86. The molecule has 0 saturated carbocycles. The standard InChI is InChI=1S/C17H20N2/c1-19(2)12-15-10-13-6-3-4-8-16(13)17(15)14-7-5-9-18-11-14/h3-9,11,15,17H,10,12H2,1-2H3. The lowest BCUT2D eigenvalue weighted by molar-refractivity contribution is 0.315. The Morgan fingerprint density at radius 2 is 2.00 bits per heavy atom. The first-order valence-corrected chi connectivity index (χ1v) is 6.88. The fourth-order valence-corrected chi connectivity index (χ4v) is 3.33. The van der Waals surface area contributed by atoms with E-state index in [0.29, 0.717) is 11.8 Å². The van der Waals surface area contributed by atoms with Crippen LogP contribution in [0.25, 0.3) is 0 Å². The number of hydrogen-bond donors (Lipinski definition) is 0. The molecule has 0 bridgehead atoms. The Hall–Kier alpha value is -1.67. The van der Waals surface area contributed by atoms with Crippen molar-refractivity contribution in [1.82, 2.24) is 9.88 Å². The van der Waals surface area contributed by atoms with Gasteiger partial charge in [0.15, 0.2) is 0 Å². The van der Waals surface area contributed by atoms with Crippen LogP contribution >= 0.6 is 0 Å². The third kappa shape index (κ3) is 2.41. The molecular weight excluding hydrogens is 232 g/mol. The quantitative estimate of drug-likeness (QED) is 0.835. The molecule has 0 spiro atoms. The van der Waals surface area contributed by atoms with E-state index in [2.05, 4.69) is 54.3 Å². The summed E-state index contributed by atoms with van der Waals surface area (Å²) < 4.78 is 0. The number of aromatic nitrogens is 1. The molecule has 1 aliphatic rings. The molecule has 98 valence electrons. The summed E-state index contributed by atoms with van der Waals surface area (Å²) >= 11 is 0. The van der Waals surface area contributed by atoms with E-state index >= 15 is 0 Å². The van der Waals surface area contributed by atoms with Crippen molar-refractivity contribution in [2.24, 2.45) is 5.92 Å². The second kappa shape index (κ2) is 5.14. The number of fused-ring (bicyclic) bond motifs is 1. The van der Waals surface area contributed by atoms with Crippen molar-refractivity contribution in [2.75, 3.05) is 20.6 Å². The van der Waals surface area contributed by atoms with Crippen LogP contribution in [0.2, 0.25) is 0 Å². The Morgan fingerprint density at radius 3 is 2.74 bits per heavy atom. The molecular formula is C17H20N2. The molecule has 2 nitrogen and oxygen atoms in total. The molecule has 3 rings (SSSR count). The smallest absolute Gasteiger partial charge is 0.0306 e. The van der Waals surface area contributed by atoms with Crippen LogP contribution < -0.4 is 0 Å². The van der Waals surface area contributed by atoms with Crippen molar-refractivity contribution in [3.63, 3.8) is 0 Å². The Morgan fingerprint density at radius 1 is 1.16 bits per heavy atom. The summed E-state index contributed by atoms with van der Waals surface area (Å²) in [5.41, 5.74) is 4.34. The lowest BCUT2D eigenvalue weighted by Crippen LogP contribution is -2.25. The topological polar surface area (TPSA) is 16.1 Å². The van der Waals surface area contributed by atoms with Gasteiger partial charge in [0.25, 0.3) is 0 Å². The van der Waals surface area contributed by atoms with E-state index in [1.807, 2.05) is 18.5 Å². The maximum absolute atomic E-state index is 4.30. The van der Waals surface area contributed by atoms with E-state index in [9.17, 15) is 0 Å². The molecule has 0 aliphatic heterocycles. The van der Waals surface area contributed by atoms with Crippen LogP contribution in [0, 0.1) is 5.92 Å². The van der Waals surface area contributed by atoms with Crippen LogP contribution in [0.4, 0.5) is 0 Å². The molecule has 0 radical (unpaired) electrons. The maximum atomic E-state index is 4.30. The molecule has 1 aliphatic carbocycles. The van der Waals surface area contributed by atoms with Crippen LogP contribution in [0.5, 0.6) is 0 Å². The highest BCUT2D eigenvalue weighted by Crippen LogP contribution is 2.42. The maximum Gasteiger partial charge on any atom is 0.0306 e. The Labute approximate surface area is 115 Å². The van der Waals surface area contributed by atoms with Gasteiger partial charge in [0.05, 0.1) is 0 Å². The lowest BCUT2D eigenvalue weighted by Gasteiger charge is -2.23. The molecule has 2 atom stereocenters. The van der Waals surface area contributed by atoms with Crippen LogP contribution in [0.15, 0.2) is 48.8 Å². The first kappa shape index (κ1) is 12.4. The van der Waals surface area contributed by atoms with Crippen molar-refractivity contribution in [3.05, 3.63) is 65.5 Å². The predicted molar refractivity (Wildman–Crippen MR) is 78.3 cm³/mol. The molecule has 1 heterocycles. The summed E-state index contributed by atoms with van der Waals surface area (Å²) in [6.07, 6.45) is 5.05. The number of hydrogen-bond acceptors (Lipinski definition) is 2. The van der Waals surface area contributed by atoms with E-state index in [-0.39, 0.29) is 0 Å². The molecule has 1 aromatic heterocycles. The average molecular weight is 252 g/mol. The van der Waals surface area contributed by atoms with Crippen LogP contribution in [-0.4, -0.2) is 30.5 Å². The van der Waals surface area contributed by atoms with Gasteiger partial charge in [-0.05, 0) is 49.2 Å². The van der Waals surface area contributed by atoms with E-state index in [0.717, 1.165) is 6.54 Å². The number of pyridine rings is 1. The molecule has 1 aromatic carbocycles. The zero-order valence-electron chi connectivity index (χ0n) is 11.6. The van der Waals surface area contributed by atoms with Gasteiger partial charge in [0.2, 0.25) is 0 Å². The van der Waals surface area contributed by atoms with E-state index < -0.39 is 0 Å². The molecule has 2 aromatic rings. The minimum absolute atomic E-state index is 0.493. The first-order chi connectivity index (χ1) is 9.25. The molecule has 0 N–H and O–H groups in total. The Balaban J connectivity index is 2.01. The Bertz CT molecular complexity index is 548. The normalized spacial score (nSPS) is 21.6. The fraction of sp³-hybridized carbons (Fsp3) is 0.353. The van der Waals surface area contributed by atoms with Gasteiger partial charge in [-0.25, -0.2) is 0 Å².